The first-order valence-corrected chi connectivity index (χ1v) is 13.7. The Balaban J connectivity index is 1.27. The number of benzene rings is 3. The number of aromatic nitrogens is 3. The lowest BCUT2D eigenvalue weighted by Crippen LogP contribution is -2.38. The Kier molecular flexibility index (Phi) is 8.89. The molecule has 1 saturated heterocycles. The third kappa shape index (κ3) is 7.04. The number of amides is 2. The van der Waals surface area contributed by atoms with Crippen LogP contribution in [0.5, 0.6) is 0 Å². The van der Waals surface area contributed by atoms with Gasteiger partial charge in [-0.3, -0.25) is 5.10 Å². The van der Waals surface area contributed by atoms with Crippen LogP contribution in [0.15, 0.2) is 90.3 Å². The van der Waals surface area contributed by atoms with E-state index in [9.17, 15) is 9.90 Å². The minimum absolute atomic E-state index is 0.00575. The SMILES string of the molecule is C[C@H]1[C@@H](CSc2ncn[nH]2)O[C@@H](c2ccc(NC(=O)NCc3ccccc3)cc2)O[C@H]1c1ccc(CO)cc1. The summed E-state index contributed by atoms with van der Waals surface area (Å²) in [5.74, 6) is 0.730. The highest BCUT2D eigenvalue weighted by Gasteiger charge is 2.38. The zero-order valence-electron chi connectivity index (χ0n) is 21.5. The number of aliphatic hydroxyl groups excluding tert-OH is 1. The molecule has 0 saturated carbocycles. The molecule has 4 atom stereocenters. The molecule has 2 heterocycles. The van der Waals surface area contributed by atoms with Crippen LogP contribution in [0.4, 0.5) is 10.5 Å². The number of thioether (sulfide) groups is 1. The van der Waals surface area contributed by atoms with Gasteiger partial charge in [0, 0.05) is 29.5 Å². The van der Waals surface area contributed by atoms with Crippen LogP contribution in [-0.4, -0.2) is 38.2 Å². The highest BCUT2D eigenvalue weighted by molar-refractivity contribution is 7.99. The fraction of sp³-hybridized carbons (Fsp3) is 0.276. The largest absolute Gasteiger partial charge is 0.392 e. The van der Waals surface area contributed by atoms with E-state index in [1.165, 1.54) is 6.33 Å². The quantitative estimate of drug-likeness (QED) is 0.213. The Morgan fingerprint density at radius 1 is 0.974 bits per heavy atom. The van der Waals surface area contributed by atoms with Crippen molar-refractivity contribution in [2.45, 2.75) is 43.7 Å². The van der Waals surface area contributed by atoms with Gasteiger partial charge in [-0.15, -0.1) is 0 Å². The van der Waals surface area contributed by atoms with Gasteiger partial charge in [0.1, 0.15) is 6.33 Å². The Labute approximate surface area is 231 Å². The van der Waals surface area contributed by atoms with E-state index in [2.05, 4.69) is 32.7 Å². The summed E-state index contributed by atoms with van der Waals surface area (Å²) in [6, 6.07) is 24.8. The summed E-state index contributed by atoms with van der Waals surface area (Å²) in [4.78, 5) is 16.6. The van der Waals surface area contributed by atoms with Crippen LogP contribution in [0.25, 0.3) is 0 Å². The molecule has 202 valence electrons. The Hall–Kier alpha value is -3.70. The third-order valence-corrected chi connectivity index (χ3v) is 7.60. The topological polar surface area (TPSA) is 121 Å². The second-order valence-corrected chi connectivity index (χ2v) is 10.3. The highest BCUT2D eigenvalue weighted by atomic mass is 32.2. The van der Waals surface area contributed by atoms with Crippen LogP contribution < -0.4 is 10.6 Å². The molecule has 1 aliphatic rings. The summed E-state index contributed by atoms with van der Waals surface area (Å²) < 4.78 is 12.9. The first-order valence-electron chi connectivity index (χ1n) is 12.8. The second kappa shape index (κ2) is 12.9. The van der Waals surface area contributed by atoms with Gasteiger partial charge in [-0.2, -0.15) is 5.10 Å². The maximum Gasteiger partial charge on any atom is 0.319 e. The average Bonchev–Trinajstić information content (AvgIpc) is 3.50. The molecule has 0 unspecified atom stereocenters. The second-order valence-electron chi connectivity index (χ2n) is 9.34. The fourth-order valence-electron chi connectivity index (χ4n) is 4.41. The van der Waals surface area contributed by atoms with Gasteiger partial charge in [-0.25, -0.2) is 9.78 Å². The molecule has 0 radical (unpaired) electrons. The van der Waals surface area contributed by atoms with Gasteiger partial charge < -0.3 is 25.2 Å². The standard InChI is InChI=1S/C29H31N5O4S/c1-19-25(17-39-29-31-18-32-34-29)37-27(38-26(19)22-9-7-21(16-35)8-10-22)23-11-13-24(14-12-23)33-28(36)30-15-20-5-3-2-4-6-20/h2-14,18-19,25-27,35H,15-17H2,1H3,(H2,30,33,36)(H,31,32,34)/t19-,25+,26+,27+/m0/s1. The first kappa shape index (κ1) is 26.9. The lowest BCUT2D eigenvalue weighted by molar-refractivity contribution is -0.268. The van der Waals surface area contributed by atoms with Crippen LogP contribution >= 0.6 is 11.8 Å². The van der Waals surface area contributed by atoms with Gasteiger partial charge in [0.15, 0.2) is 11.4 Å². The van der Waals surface area contributed by atoms with Crippen LogP contribution in [0.2, 0.25) is 0 Å². The van der Waals surface area contributed by atoms with Gasteiger partial charge in [0.25, 0.3) is 0 Å². The molecule has 1 aromatic heterocycles. The van der Waals surface area contributed by atoms with Gasteiger partial charge in [0.05, 0.1) is 18.8 Å². The van der Waals surface area contributed by atoms with E-state index >= 15 is 0 Å². The highest BCUT2D eigenvalue weighted by Crippen LogP contribution is 2.42. The number of hydrogen-bond donors (Lipinski definition) is 4. The van der Waals surface area contributed by atoms with Gasteiger partial charge in [0.2, 0.25) is 0 Å². The minimum atomic E-state index is -0.593. The van der Waals surface area contributed by atoms with E-state index in [4.69, 9.17) is 9.47 Å². The number of nitrogens with one attached hydrogen (secondary N) is 3. The number of aromatic amines is 1. The van der Waals surface area contributed by atoms with Crippen molar-refractivity contribution in [2.75, 3.05) is 11.1 Å². The fourth-order valence-corrected chi connectivity index (χ4v) is 5.35. The summed E-state index contributed by atoms with van der Waals surface area (Å²) in [6.07, 6.45) is 0.564. The summed E-state index contributed by atoms with van der Waals surface area (Å²) in [7, 11) is 0. The van der Waals surface area contributed by atoms with E-state index in [0.29, 0.717) is 18.0 Å². The molecule has 4 N–H and O–H groups in total. The number of H-pyrrole nitrogens is 1. The molecule has 39 heavy (non-hydrogen) atoms. The van der Waals surface area contributed by atoms with Crippen molar-refractivity contribution in [2.24, 2.45) is 5.92 Å². The van der Waals surface area contributed by atoms with Crippen LogP contribution in [-0.2, 0) is 22.6 Å². The van der Waals surface area contributed by atoms with Crippen LogP contribution in [0.3, 0.4) is 0 Å². The van der Waals surface area contributed by atoms with Crippen molar-refractivity contribution < 1.29 is 19.4 Å². The number of carbonyl (C=O) groups excluding carboxylic acids is 1. The maximum atomic E-state index is 12.4. The molecular weight excluding hydrogens is 514 g/mol. The summed E-state index contributed by atoms with van der Waals surface area (Å²) >= 11 is 1.55. The average molecular weight is 546 g/mol. The monoisotopic (exact) mass is 545 g/mol. The zero-order valence-corrected chi connectivity index (χ0v) is 22.3. The van der Waals surface area contributed by atoms with Crippen molar-refractivity contribution in [1.82, 2.24) is 20.5 Å². The van der Waals surface area contributed by atoms with Crippen molar-refractivity contribution in [3.63, 3.8) is 0 Å². The zero-order chi connectivity index (χ0) is 27.0. The maximum absolute atomic E-state index is 12.4. The van der Waals surface area contributed by atoms with Crippen molar-refractivity contribution >= 4 is 23.5 Å². The number of anilines is 1. The van der Waals surface area contributed by atoms with Gasteiger partial charge >= 0.3 is 6.03 Å². The van der Waals surface area contributed by atoms with Crippen molar-refractivity contribution in [3.05, 3.63) is 107 Å². The number of rotatable bonds is 9. The lowest BCUT2D eigenvalue weighted by Gasteiger charge is -2.41. The molecule has 3 aromatic carbocycles. The first-order chi connectivity index (χ1) is 19.1. The van der Waals surface area contributed by atoms with E-state index in [0.717, 1.165) is 27.4 Å². The smallest absolute Gasteiger partial charge is 0.319 e. The molecular formula is C29H31N5O4S. The molecule has 0 spiro atoms. The van der Waals surface area contributed by atoms with Crippen molar-refractivity contribution in [1.29, 1.82) is 0 Å². The molecule has 2 amide bonds. The van der Waals surface area contributed by atoms with E-state index in [-0.39, 0.29) is 30.8 Å². The molecule has 10 heteroatoms. The molecule has 1 fully saturated rings. The van der Waals surface area contributed by atoms with Crippen LogP contribution in [0, 0.1) is 5.92 Å². The molecule has 0 aliphatic carbocycles. The van der Waals surface area contributed by atoms with E-state index < -0.39 is 6.29 Å². The van der Waals surface area contributed by atoms with Gasteiger partial charge in [-0.1, -0.05) is 85.4 Å². The molecule has 4 aromatic rings. The molecule has 9 nitrogen and oxygen atoms in total. The van der Waals surface area contributed by atoms with E-state index in [1.54, 1.807) is 11.8 Å². The predicted octanol–water partition coefficient (Wildman–Crippen LogP) is 5.20. The minimum Gasteiger partial charge on any atom is -0.392 e. The summed E-state index contributed by atoms with van der Waals surface area (Å²) in [6.45, 7) is 2.56. The number of ether oxygens (including phenoxy) is 2. The van der Waals surface area contributed by atoms with Gasteiger partial charge in [-0.05, 0) is 28.8 Å². The normalized spacial score (nSPS) is 20.9. The number of aliphatic hydroxyl groups is 1. The Morgan fingerprint density at radius 2 is 1.72 bits per heavy atom. The summed E-state index contributed by atoms with van der Waals surface area (Å²) in [5, 5.41) is 22.7. The number of carbonyl (C=O) groups is 1. The molecule has 0 bridgehead atoms. The predicted molar refractivity (Wildman–Crippen MR) is 149 cm³/mol. The lowest BCUT2D eigenvalue weighted by atomic mass is 9.91. The Bertz CT molecular complexity index is 1320. The number of nitrogens with zero attached hydrogens (tertiary/aromatic N) is 2. The molecule has 1 aliphatic heterocycles. The van der Waals surface area contributed by atoms with Crippen molar-refractivity contribution in [3.8, 4) is 0 Å². The number of hydrogen-bond acceptors (Lipinski definition) is 7. The van der Waals surface area contributed by atoms with E-state index in [1.807, 2.05) is 78.9 Å². The summed E-state index contributed by atoms with van der Waals surface area (Å²) in [5.41, 5.74) is 4.42. The third-order valence-electron chi connectivity index (χ3n) is 6.64. The Morgan fingerprint density at radius 3 is 2.41 bits per heavy atom. The molecule has 5 rings (SSSR count). The van der Waals surface area contributed by atoms with Crippen LogP contribution in [0.1, 0.15) is 41.6 Å². The number of urea groups is 1.